The number of aliphatic carboxylic acids is 1. The number of hydrogen-bond acceptors (Lipinski definition) is 4. The van der Waals surface area contributed by atoms with Gasteiger partial charge in [-0.15, -0.1) is 0 Å². The fraction of sp³-hybridized carbons (Fsp3) is 0.273. The van der Waals surface area contributed by atoms with Gasteiger partial charge in [0, 0.05) is 5.56 Å². The predicted octanol–water partition coefficient (Wildman–Crippen LogP) is 1.48. The Morgan fingerprint density at radius 3 is 2.41 bits per heavy atom. The number of para-hydroxylation sites is 1. The van der Waals surface area contributed by atoms with Gasteiger partial charge < -0.3 is 15.3 Å². The van der Waals surface area contributed by atoms with E-state index in [1.54, 1.807) is 6.92 Å². The largest absolute Gasteiger partial charge is 0.507 e. The number of phenolic OH excluding ortho intramolecular Hbond substituents is 1. The number of aliphatic hydroxyl groups excluding tert-OH is 1. The van der Waals surface area contributed by atoms with Gasteiger partial charge in [0.15, 0.2) is 11.9 Å². The molecule has 0 heterocycles. The van der Waals surface area contributed by atoms with E-state index >= 15 is 0 Å². The number of halogens is 1. The number of alkyl halides is 1. The van der Waals surface area contributed by atoms with E-state index in [1.807, 2.05) is 0 Å². The van der Waals surface area contributed by atoms with Gasteiger partial charge in [0.2, 0.25) is 0 Å². The van der Waals surface area contributed by atoms with E-state index < -0.39 is 22.6 Å². The SMILES string of the molecule is CC(Br)C(=O)c1cccc(C(O)C(=O)O)c1O. The summed E-state index contributed by atoms with van der Waals surface area (Å²) in [6, 6.07) is 4.03. The van der Waals surface area contributed by atoms with Crippen LogP contribution in [0.2, 0.25) is 0 Å². The van der Waals surface area contributed by atoms with Crippen molar-refractivity contribution in [2.75, 3.05) is 0 Å². The first-order valence-electron chi connectivity index (χ1n) is 4.77. The minimum absolute atomic E-state index is 0.0211. The van der Waals surface area contributed by atoms with Crippen LogP contribution in [0.15, 0.2) is 18.2 Å². The van der Waals surface area contributed by atoms with Crippen molar-refractivity contribution in [2.45, 2.75) is 17.9 Å². The molecule has 17 heavy (non-hydrogen) atoms. The minimum Gasteiger partial charge on any atom is -0.507 e. The fourth-order valence-corrected chi connectivity index (χ4v) is 1.57. The molecule has 6 heteroatoms. The van der Waals surface area contributed by atoms with Crippen LogP contribution < -0.4 is 0 Å². The van der Waals surface area contributed by atoms with Gasteiger partial charge in [-0.3, -0.25) is 4.79 Å². The van der Waals surface area contributed by atoms with Gasteiger partial charge in [-0.1, -0.05) is 28.1 Å². The smallest absolute Gasteiger partial charge is 0.337 e. The third kappa shape index (κ3) is 2.83. The Balaban J connectivity index is 3.25. The molecule has 1 aromatic rings. The monoisotopic (exact) mass is 302 g/mol. The lowest BCUT2D eigenvalue weighted by atomic mass is 10.0. The van der Waals surface area contributed by atoms with E-state index in [0.29, 0.717) is 0 Å². The van der Waals surface area contributed by atoms with Crippen LogP contribution in [0, 0.1) is 0 Å². The Morgan fingerprint density at radius 1 is 1.35 bits per heavy atom. The average molecular weight is 303 g/mol. The Hall–Kier alpha value is -1.40. The van der Waals surface area contributed by atoms with Gasteiger partial charge in [-0.25, -0.2) is 4.79 Å². The van der Waals surface area contributed by atoms with Crippen LogP contribution in [-0.4, -0.2) is 31.9 Å². The number of ketones is 1. The number of hydrogen-bond donors (Lipinski definition) is 3. The third-order valence-electron chi connectivity index (χ3n) is 2.22. The summed E-state index contributed by atoms with van der Waals surface area (Å²) in [6.45, 7) is 1.59. The molecule has 0 bridgehead atoms. The lowest BCUT2D eigenvalue weighted by Gasteiger charge is -2.12. The molecule has 0 aliphatic rings. The summed E-state index contributed by atoms with van der Waals surface area (Å²) in [4.78, 5) is 21.8. The van der Waals surface area contributed by atoms with Crippen molar-refractivity contribution >= 4 is 27.7 Å². The number of phenols is 1. The molecule has 2 atom stereocenters. The molecular weight excluding hydrogens is 292 g/mol. The molecule has 0 aliphatic heterocycles. The zero-order valence-electron chi connectivity index (χ0n) is 8.92. The Kier molecular flexibility index (Phi) is 4.25. The Labute approximate surface area is 106 Å². The topological polar surface area (TPSA) is 94.8 Å². The standard InChI is InChI=1S/C11H11BrO5/c1-5(12)8(13)6-3-2-4-7(9(6)14)10(15)11(16)17/h2-5,10,14-15H,1H3,(H,16,17). The molecular formula is C11H11BrO5. The van der Waals surface area contributed by atoms with Crippen LogP contribution >= 0.6 is 15.9 Å². The van der Waals surface area contributed by atoms with Crippen LogP contribution in [0.3, 0.4) is 0 Å². The molecule has 5 nitrogen and oxygen atoms in total. The summed E-state index contributed by atoms with van der Waals surface area (Å²) in [5.41, 5.74) is -0.219. The van der Waals surface area contributed by atoms with Crippen LogP contribution in [0.1, 0.15) is 28.9 Å². The second-order valence-electron chi connectivity index (χ2n) is 3.46. The summed E-state index contributed by atoms with van der Waals surface area (Å²) >= 11 is 3.06. The van der Waals surface area contributed by atoms with Crippen molar-refractivity contribution in [1.82, 2.24) is 0 Å². The van der Waals surface area contributed by atoms with Crippen molar-refractivity contribution < 1.29 is 24.9 Å². The van der Waals surface area contributed by atoms with Crippen LogP contribution in [0.25, 0.3) is 0 Å². The number of aliphatic hydroxyl groups is 1. The van der Waals surface area contributed by atoms with Gasteiger partial charge in [-0.2, -0.15) is 0 Å². The van der Waals surface area contributed by atoms with Crippen molar-refractivity contribution in [3.63, 3.8) is 0 Å². The first-order valence-corrected chi connectivity index (χ1v) is 5.68. The highest BCUT2D eigenvalue weighted by molar-refractivity contribution is 9.10. The molecule has 1 aromatic carbocycles. The molecule has 0 fully saturated rings. The van der Waals surface area contributed by atoms with E-state index in [9.17, 15) is 19.8 Å². The zero-order valence-corrected chi connectivity index (χ0v) is 10.5. The molecule has 0 amide bonds. The van der Waals surface area contributed by atoms with E-state index in [2.05, 4.69) is 15.9 Å². The summed E-state index contributed by atoms with van der Waals surface area (Å²) in [7, 11) is 0. The lowest BCUT2D eigenvalue weighted by Crippen LogP contribution is -2.14. The highest BCUT2D eigenvalue weighted by Gasteiger charge is 2.24. The predicted molar refractivity (Wildman–Crippen MR) is 63.4 cm³/mol. The van der Waals surface area contributed by atoms with E-state index in [1.165, 1.54) is 18.2 Å². The number of carboxylic acids is 1. The molecule has 0 radical (unpaired) electrons. The minimum atomic E-state index is -1.85. The average Bonchev–Trinajstić information content (AvgIpc) is 2.27. The van der Waals surface area contributed by atoms with Crippen molar-refractivity contribution in [2.24, 2.45) is 0 Å². The van der Waals surface area contributed by atoms with Crippen molar-refractivity contribution in [1.29, 1.82) is 0 Å². The molecule has 92 valence electrons. The molecule has 3 N–H and O–H groups in total. The number of Topliss-reactive ketones (excluding diaryl/α,β-unsaturated/α-hetero) is 1. The normalized spacial score (nSPS) is 14.1. The van der Waals surface area contributed by atoms with Gasteiger partial charge in [0.05, 0.1) is 10.4 Å². The lowest BCUT2D eigenvalue weighted by molar-refractivity contribution is -0.147. The zero-order chi connectivity index (χ0) is 13.2. The van der Waals surface area contributed by atoms with Crippen LogP contribution in [-0.2, 0) is 4.79 Å². The van der Waals surface area contributed by atoms with Gasteiger partial charge in [0.1, 0.15) is 5.75 Å². The number of aromatic hydroxyl groups is 1. The molecule has 2 unspecified atom stereocenters. The summed E-state index contributed by atoms with van der Waals surface area (Å²) in [5.74, 6) is -2.38. The first kappa shape index (κ1) is 13.7. The maximum atomic E-state index is 11.7. The first-order chi connectivity index (χ1) is 7.86. The molecule has 0 saturated carbocycles. The Morgan fingerprint density at radius 2 is 1.94 bits per heavy atom. The van der Waals surface area contributed by atoms with E-state index in [4.69, 9.17) is 5.11 Å². The van der Waals surface area contributed by atoms with Gasteiger partial charge >= 0.3 is 5.97 Å². The van der Waals surface area contributed by atoms with Crippen LogP contribution in [0.4, 0.5) is 0 Å². The number of carbonyl (C=O) groups excluding carboxylic acids is 1. The van der Waals surface area contributed by atoms with Crippen LogP contribution in [0.5, 0.6) is 5.75 Å². The van der Waals surface area contributed by atoms with E-state index in [-0.39, 0.29) is 16.9 Å². The molecule has 0 aromatic heterocycles. The quantitative estimate of drug-likeness (QED) is 0.578. The third-order valence-corrected chi connectivity index (χ3v) is 2.64. The van der Waals surface area contributed by atoms with Crippen molar-refractivity contribution in [3.05, 3.63) is 29.3 Å². The number of rotatable bonds is 4. The number of carbonyl (C=O) groups is 2. The Bertz CT molecular complexity index is 455. The highest BCUT2D eigenvalue weighted by atomic mass is 79.9. The summed E-state index contributed by atoms with van der Waals surface area (Å²) in [6.07, 6.45) is -1.85. The molecule has 0 saturated heterocycles. The summed E-state index contributed by atoms with van der Waals surface area (Å²) < 4.78 is 0. The maximum Gasteiger partial charge on any atom is 0.337 e. The maximum absolute atomic E-state index is 11.7. The van der Waals surface area contributed by atoms with Gasteiger partial charge in [0.25, 0.3) is 0 Å². The van der Waals surface area contributed by atoms with Gasteiger partial charge in [-0.05, 0) is 13.0 Å². The fourth-order valence-electron chi connectivity index (χ4n) is 1.33. The number of benzene rings is 1. The highest BCUT2D eigenvalue weighted by Crippen LogP contribution is 2.29. The second kappa shape index (κ2) is 5.29. The molecule has 1 rings (SSSR count). The number of carboxylic acid groups (broad SMARTS) is 1. The van der Waals surface area contributed by atoms with Crippen molar-refractivity contribution in [3.8, 4) is 5.75 Å². The molecule has 0 spiro atoms. The van der Waals surface area contributed by atoms with E-state index in [0.717, 1.165) is 0 Å². The molecule has 0 aliphatic carbocycles. The summed E-state index contributed by atoms with van der Waals surface area (Å²) in [5, 5.41) is 27.7. The second-order valence-corrected chi connectivity index (χ2v) is 4.84.